The Bertz CT molecular complexity index is 125. The van der Waals surface area contributed by atoms with Crippen molar-refractivity contribution in [3.8, 4) is 0 Å². The highest BCUT2D eigenvalue weighted by Gasteiger charge is 2.43. The number of hydrogen-bond acceptors (Lipinski definition) is 2. The molecule has 1 heterocycles. The van der Waals surface area contributed by atoms with Crippen LogP contribution in [0.1, 0.15) is 6.42 Å². The standard InChI is InChI=1S/C5H8F3NS/c6-5(7,8)4-1-3(9)2-10-4/h3-4H,1-2,9H2. The number of halogens is 3. The second-order valence-electron chi connectivity index (χ2n) is 2.36. The van der Waals surface area contributed by atoms with Crippen molar-refractivity contribution >= 4 is 11.8 Å². The summed E-state index contributed by atoms with van der Waals surface area (Å²) in [7, 11) is 0. The Morgan fingerprint density at radius 3 is 2.20 bits per heavy atom. The molecule has 0 aromatic rings. The maximum absolute atomic E-state index is 11.9. The smallest absolute Gasteiger partial charge is 0.327 e. The van der Waals surface area contributed by atoms with Gasteiger partial charge in [0.1, 0.15) is 5.25 Å². The summed E-state index contributed by atoms with van der Waals surface area (Å²) in [6.07, 6.45) is -3.98. The van der Waals surface area contributed by atoms with E-state index in [1.807, 2.05) is 0 Å². The van der Waals surface area contributed by atoms with Crippen molar-refractivity contribution in [3.63, 3.8) is 0 Å². The van der Waals surface area contributed by atoms with E-state index in [0.29, 0.717) is 5.75 Å². The molecule has 1 aliphatic heterocycles. The molecule has 1 saturated heterocycles. The molecule has 0 aliphatic carbocycles. The summed E-state index contributed by atoms with van der Waals surface area (Å²) < 4.78 is 35.6. The Labute approximate surface area is 61.2 Å². The van der Waals surface area contributed by atoms with Gasteiger partial charge in [-0.2, -0.15) is 13.2 Å². The largest absolute Gasteiger partial charge is 0.400 e. The molecule has 0 aromatic carbocycles. The van der Waals surface area contributed by atoms with Crippen molar-refractivity contribution in [2.24, 2.45) is 5.73 Å². The molecular formula is C5H8F3NS. The van der Waals surface area contributed by atoms with Crippen molar-refractivity contribution in [2.45, 2.75) is 23.9 Å². The van der Waals surface area contributed by atoms with E-state index >= 15 is 0 Å². The van der Waals surface area contributed by atoms with Crippen LogP contribution in [0.5, 0.6) is 0 Å². The topological polar surface area (TPSA) is 26.0 Å². The first-order chi connectivity index (χ1) is 4.50. The predicted octanol–water partition coefficient (Wildman–Crippen LogP) is 1.38. The second kappa shape index (κ2) is 2.62. The van der Waals surface area contributed by atoms with E-state index in [9.17, 15) is 13.2 Å². The quantitative estimate of drug-likeness (QED) is 0.596. The fourth-order valence-corrected chi connectivity index (χ4v) is 2.07. The van der Waals surface area contributed by atoms with Gasteiger partial charge in [-0.1, -0.05) is 0 Å². The van der Waals surface area contributed by atoms with E-state index in [1.54, 1.807) is 0 Å². The van der Waals surface area contributed by atoms with E-state index in [-0.39, 0.29) is 12.5 Å². The van der Waals surface area contributed by atoms with Crippen molar-refractivity contribution in [3.05, 3.63) is 0 Å². The van der Waals surface area contributed by atoms with Crippen LogP contribution < -0.4 is 5.73 Å². The average molecular weight is 171 g/mol. The lowest BCUT2D eigenvalue weighted by atomic mass is 10.2. The molecule has 0 aromatic heterocycles. The summed E-state index contributed by atoms with van der Waals surface area (Å²) in [5.41, 5.74) is 5.30. The first-order valence-corrected chi connectivity index (χ1v) is 3.99. The van der Waals surface area contributed by atoms with Gasteiger partial charge in [-0.3, -0.25) is 0 Å². The third-order valence-corrected chi connectivity index (χ3v) is 2.88. The van der Waals surface area contributed by atoms with Crippen molar-refractivity contribution in [1.29, 1.82) is 0 Å². The molecule has 0 bridgehead atoms. The van der Waals surface area contributed by atoms with Gasteiger partial charge in [0, 0.05) is 11.8 Å². The number of nitrogens with two attached hydrogens (primary N) is 1. The van der Waals surface area contributed by atoms with E-state index in [1.165, 1.54) is 0 Å². The molecule has 60 valence electrons. The zero-order valence-corrected chi connectivity index (χ0v) is 6.00. The lowest BCUT2D eigenvalue weighted by Crippen LogP contribution is -2.27. The lowest BCUT2D eigenvalue weighted by Gasteiger charge is -2.12. The van der Waals surface area contributed by atoms with Crippen molar-refractivity contribution in [2.75, 3.05) is 5.75 Å². The van der Waals surface area contributed by atoms with Gasteiger partial charge in [0.05, 0.1) is 0 Å². The first-order valence-electron chi connectivity index (χ1n) is 2.94. The summed E-state index contributed by atoms with van der Waals surface area (Å²) in [6.45, 7) is 0. The summed E-state index contributed by atoms with van der Waals surface area (Å²) in [6, 6.07) is -0.267. The zero-order valence-electron chi connectivity index (χ0n) is 5.19. The normalized spacial score (nSPS) is 34.8. The number of hydrogen-bond donors (Lipinski definition) is 1. The van der Waals surface area contributed by atoms with Crippen LogP contribution >= 0.6 is 11.8 Å². The molecule has 1 fully saturated rings. The van der Waals surface area contributed by atoms with Gasteiger partial charge in [0.25, 0.3) is 0 Å². The van der Waals surface area contributed by atoms with Crippen LogP contribution in [0.25, 0.3) is 0 Å². The fraction of sp³-hybridized carbons (Fsp3) is 1.00. The summed E-state index contributed by atoms with van der Waals surface area (Å²) >= 11 is 0.907. The number of alkyl halides is 3. The van der Waals surface area contributed by atoms with Gasteiger partial charge in [0.2, 0.25) is 0 Å². The Balaban J connectivity index is 2.45. The summed E-state index contributed by atoms with van der Waals surface area (Å²) in [5.74, 6) is 0.435. The Hall–Kier alpha value is 0.100. The lowest BCUT2D eigenvalue weighted by molar-refractivity contribution is -0.129. The van der Waals surface area contributed by atoms with Crippen LogP contribution in [-0.4, -0.2) is 23.2 Å². The van der Waals surface area contributed by atoms with Crippen LogP contribution in [0.3, 0.4) is 0 Å². The molecule has 1 nitrogen and oxygen atoms in total. The van der Waals surface area contributed by atoms with E-state index < -0.39 is 11.4 Å². The molecule has 2 atom stereocenters. The predicted molar refractivity (Wildman–Crippen MR) is 34.9 cm³/mol. The maximum atomic E-state index is 11.9. The van der Waals surface area contributed by atoms with E-state index in [0.717, 1.165) is 11.8 Å². The van der Waals surface area contributed by atoms with Gasteiger partial charge in [-0.25, -0.2) is 0 Å². The average Bonchev–Trinajstić information content (AvgIpc) is 2.11. The SMILES string of the molecule is NC1CSC(C(F)(F)F)C1. The highest BCUT2D eigenvalue weighted by Crippen LogP contribution is 2.38. The molecule has 0 radical (unpaired) electrons. The molecule has 0 spiro atoms. The maximum Gasteiger partial charge on any atom is 0.400 e. The highest BCUT2D eigenvalue weighted by molar-refractivity contribution is 8.00. The van der Waals surface area contributed by atoms with Gasteiger partial charge in [0.15, 0.2) is 0 Å². The second-order valence-corrected chi connectivity index (χ2v) is 3.60. The van der Waals surface area contributed by atoms with Gasteiger partial charge in [-0.05, 0) is 6.42 Å². The van der Waals surface area contributed by atoms with Crippen molar-refractivity contribution in [1.82, 2.24) is 0 Å². The number of thioether (sulfide) groups is 1. The monoisotopic (exact) mass is 171 g/mol. The van der Waals surface area contributed by atoms with E-state index in [2.05, 4.69) is 0 Å². The minimum absolute atomic E-state index is 0.0775. The molecule has 2 unspecified atom stereocenters. The Morgan fingerprint density at radius 1 is 1.40 bits per heavy atom. The molecule has 1 aliphatic rings. The fourth-order valence-electron chi connectivity index (χ4n) is 0.879. The summed E-state index contributed by atoms with van der Waals surface area (Å²) in [4.78, 5) is 0. The van der Waals surface area contributed by atoms with E-state index in [4.69, 9.17) is 5.73 Å². The molecule has 0 saturated carbocycles. The molecular weight excluding hydrogens is 163 g/mol. The highest BCUT2D eigenvalue weighted by atomic mass is 32.2. The van der Waals surface area contributed by atoms with Gasteiger partial charge < -0.3 is 5.73 Å². The third-order valence-electron chi connectivity index (χ3n) is 1.39. The molecule has 5 heteroatoms. The molecule has 0 amide bonds. The van der Waals surface area contributed by atoms with Gasteiger partial charge in [-0.15, -0.1) is 11.8 Å². The van der Waals surface area contributed by atoms with Crippen LogP contribution in [0.15, 0.2) is 0 Å². The minimum Gasteiger partial charge on any atom is -0.327 e. The Morgan fingerprint density at radius 2 is 2.00 bits per heavy atom. The summed E-state index contributed by atoms with van der Waals surface area (Å²) in [5, 5.41) is -1.22. The van der Waals surface area contributed by atoms with Crippen LogP contribution in [-0.2, 0) is 0 Å². The third kappa shape index (κ3) is 1.79. The van der Waals surface area contributed by atoms with Crippen molar-refractivity contribution < 1.29 is 13.2 Å². The molecule has 2 N–H and O–H groups in total. The molecule has 10 heavy (non-hydrogen) atoms. The minimum atomic E-state index is -4.06. The molecule has 1 rings (SSSR count). The van der Waals surface area contributed by atoms with Crippen LogP contribution in [0.2, 0.25) is 0 Å². The van der Waals surface area contributed by atoms with Crippen LogP contribution in [0.4, 0.5) is 13.2 Å². The number of rotatable bonds is 0. The van der Waals surface area contributed by atoms with Crippen LogP contribution in [0, 0.1) is 0 Å². The zero-order chi connectivity index (χ0) is 7.78. The first kappa shape index (κ1) is 8.20. The Kier molecular flexibility index (Phi) is 2.15. The van der Waals surface area contributed by atoms with Gasteiger partial charge >= 0.3 is 6.18 Å².